The van der Waals surface area contributed by atoms with E-state index < -0.39 is 0 Å². The largest absolute Gasteiger partial charge is 0.316 e. The Morgan fingerprint density at radius 2 is 2.20 bits per heavy atom. The molecule has 1 aliphatic rings. The van der Waals surface area contributed by atoms with Gasteiger partial charge in [-0.3, -0.25) is 0 Å². The third-order valence-corrected chi connectivity index (χ3v) is 3.07. The highest BCUT2D eigenvalue weighted by Gasteiger charge is 2.22. The van der Waals surface area contributed by atoms with Gasteiger partial charge in [-0.1, -0.05) is 0 Å². The number of nitrogens with zero attached hydrogens (tertiary/aromatic N) is 3. The van der Waals surface area contributed by atoms with E-state index in [2.05, 4.69) is 33.9 Å². The molecule has 0 aromatic carbocycles. The van der Waals surface area contributed by atoms with Crippen molar-refractivity contribution in [3.63, 3.8) is 0 Å². The molecule has 2 heterocycles. The fourth-order valence-corrected chi connectivity index (χ4v) is 2.37. The molecule has 0 spiro atoms. The van der Waals surface area contributed by atoms with Crippen LogP contribution in [0.2, 0.25) is 0 Å². The van der Waals surface area contributed by atoms with Gasteiger partial charge < -0.3 is 9.88 Å². The van der Waals surface area contributed by atoms with Crippen molar-refractivity contribution in [3.8, 4) is 0 Å². The first-order valence-electron chi connectivity index (χ1n) is 5.82. The molecule has 0 unspecified atom stereocenters. The van der Waals surface area contributed by atoms with Crippen molar-refractivity contribution < 1.29 is 0 Å². The third-order valence-electron chi connectivity index (χ3n) is 3.07. The summed E-state index contributed by atoms with van der Waals surface area (Å²) in [5.41, 5.74) is 0. The zero-order valence-electron chi connectivity index (χ0n) is 9.82. The highest BCUT2D eigenvalue weighted by Crippen LogP contribution is 2.24. The van der Waals surface area contributed by atoms with Gasteiger partial charge in [0.2, 0.25) is 0 Å². The number of aromatic nitrogens is 3. The first-order chi connectivity index (χ1) is 7.20. The van der Waals surface area contributed by atoms with Crippen LogP contribution in [0.5, 0.6) is 0 Å². The van der Waals surface area contributed by atoms with E-state index >= 15 is 0 Å². The van der Waals surface area contributed by atoms with Gasteiger partial charge in [0, 0.05) is 18.5 Å². The van der Waals surface area contributed by atoms with Gasteiger partial charge in [-0.2, -0.15) is 0 Å². The van der Waals surface area contributed by atoms with E-state index in [-0.39, 0.29) is 0 Å². The molecule has 4 heteroatoms. The monoisotopic (exact) mass is 208 g/mol. The van der Waals surface area contributed by atoms with Crippen molar-refractivity contribution in [1.82, 2.24) is 20.1 Å². The third kappa shape index (κ3) is 2.04. The minimum atomic E-state index is 0.455. The van der Waals surface area contributed by atoms with Crippen molar-refractivity contribution in [2.75, 3.05) is 13.1 Å². The average molecular weight is 208 g/mol. The fourth-order valence-electron chi connectivity index (χ4n) is 2.37. The predicted octanol–water partition coefficient (Wildman–Crippen LogP) is 1.63. The van der Waals surface area contributed by atoms with Crippen LogP contribution in [-0.4, -0.2) is 27.9 Å². The van der Waals surface area contributed by atoms with Crippen LogP contribution in [0.15, 0.2) is 0 Å². The molecular formula is C11H20N4. The molecule has 1 saturated heterocycles. The summed E-state index contributed by atoms with van der Waals surface area (Å²) < 4.78 is 2.26. The van der Waals surface area contributed by atoms with Gasteiger partial charge in [-0.15, -0.1) is 10.2 Å². The normalized spacial score (nSPS) is 22.3. The molecule has 1 fully saturated rings. The molecule has 0 bridgehead atoms. The number of hydrogen-bond acceptors (Lipinski definition) is 3. The van der Waals surface area contributed by atoms with Crippen LogP contribution in [0.4, 0.5) is 0 Å². The zero-order chi connectivity index (χ0) is 10.8. The molecule has 2 rings (SSSR count). The van der Waals surface area contributed by atoms with Crippen molar-refractivity contribution in [2.45, 2.75) is 45.6 Å². The second-order valence-electron chi connectivity index (χ2n) is 4.61. The van der Waals surface area contributed by atoms with Crippen LogP contribution in [0.1, 0.15) is 50.3 Å². The highest BCUT2D eigenvalue weighted by atomic mass is 15.3. The Labute approximate surface area is 91.1 Å². The van der Waals surface area contributed by atoms with Crippen LogP contribution >= 0.6 is 0 Å². The summed E-state index contributed by atoms with van der Waals surface area (Å²) in [7, 11) is 0. The number of piperidine rings is 1. The molecule has 15 heavy (non-hydrogen) atoms. The first kappa shape index (κ1) is 10.6. The van der Waals surface area contributed by atoms with Gasteiger partial charge in [0.1, 0.15) is 11.6 Å². The van der Waals surface area contributed by atoms with Crippen molar-refractivity contribution in [2.24, 2.45) is 0 Å². The Morgan fingerprint density at radius 1 is 1.40 bits per heavy atom. The number of aryl methyl sites for hydroxylation is 1. The van der Waals surface area contributed by atoms with E-state index in [0.29, 0.717) is 12.0 Å². The van der Waals surface area contributed by atoms with E-state index in [4.69, 9.17) is 0 Å². The molecule has 0 aliphatic carbocycles. The quantitative estimate of drug-likeness (QED) is 0.803. The van der Waals surface area contributed by atoms with E-state index in [0.717, 1.165) is 24.7 Å². The van der Waals surface area contributed by atoms with Crippen LogP contribution in [0.3, 0.4) is 0 Å². The Hall–Kier alpha value is -0.900. The molecule has 1 atom stereocenters. The standard InChI is InChI=1S/C11H20N4/c1-8(2)15-9(3)13-14-11(15)10-5-4-6-12-7-10/h8,10,12H,4-7H2,1-3H3/t10-/m0/s1. The van der Waals surface area contributed by atoms with Gasteiger partial charge in [0.25, 0.3) is 0 Å². The first-order valence-corrected chi connectivity index (χ1v) is 5.82. The second-order valence-corrected chi connectivity index (χ2v) is 4.61. The Bertz CT molecular complexity index is 323. The molecule has 0 amide bonds. The van der Waals surface area contributed by atoms with E-state index in [9.17, 15) is 0 Å². The maximum absolute atomic E-state index is 4.33. The lowest BCUT2D eigenvalue weighted by molar-refractivity contribution is 0.420. The lowest BCUT2D eigenvalue weighted by Crippen LogP contribution is -2.30. The van der Waals surface area contributed by atoms with Gasteiger partial charge in [-0.25, -0.2) is 0 Å². The highest BCUT2D eigenvalue weighted by molar-refractivity contribution is 5.04. The molecule has 1 aromatic heterocycles. The van der Waals surface area contributed by atoms with Crippen molar-refractivity contribution >= 4 is 0 Å². The van der Waals surface area contributed by atoms with E-state index in [1.807, 2.05) is 6.92 Å². The minimum Gasteiger partial charge on any atom is -0.316 e. The molecule has 0 saturated carbocycles. The lowest BCUT2D eigenvalue weighted by atomic mass is 9.98. The zero-order valence-corrected chi connectivity index (χ0v) is 9.82. The van der Waals surface area contributed by atoms with Gasteiger partial charge in [-0.05, 0) is 40.2 Å². The summed E-state index contributed by atoms with van der Waals surface area (Å²) in [6, 6.07) is 0.455. The van der Waals surface area contributed by atoms with Crippen molar-refractivity contribution in [3.05, 3.63) is 11.6 Å². The Morgan fingerprint density at radius 3 is 2.80 bits per heavy atom. The molecule has 4 nitrogen and oxygen atoms in total. The second kappa shape index (κ2) is 4.31. The smallest absolute Gasteiger partial charge is 0.137 e. The lowest BCUT2D eigenvalue weighted by Gasteiger charge is -2.24. The molecule has 1 aliphatic heterocycles. The Balaban J connectivity index is 2.26. The fraction of sp³-hybridized carbons (Fsp3) is 0.818. The van der Waals surface area contributed by atoms with Gasteiger partial charge in [0.15, 0.2) is 0 Å². The molecule has 1 aromatic rings. The van der Waals surface area contributed by atoms with Crippen LogP contribution in [0, 0.1) is 6.92 Å². The average Bonchev–Trinajstić information content (AvgIpc) is 2.61. The van der Waals surface area contributed by atoms with Gasteiger partial charge >= 0.3 is 0 Å². The SMILES string of the molecule is Cc1nnc([C@H]2CCCNC2)n1C(C)C. The molecular weight excluding hydrogens is 188 g/mol. The van der Waals surface area contributed by atoms with E-state index in [1.54, 1.807) is 0 Å². The molecule has 1 N–H and O–H groups in total. The van der Waals surface area contributed by atoms with Gasteiger partial charge in [0.05, 0.1) is 0 Å². The van der Waals surface area contributed by atoms with Crippen LogP contribution in [-0.2, 0) is 0 Å². The summed E-state index contributed by atoms with van der Waals surface area (Å²) in [5.74, 6) is 2.74. The topological polar surface area (TPSA) is 42.7 Å². The minimum absolute atomic E-state index is 0.455. The summed E-state index contributed by atoms with van der Waals surface area (Å²) >= 11 is 0. The summed E-state index contributed by atoms with van der Waals surface area (Å²) in [6.45, 7) is 8.61. The number of nitrogens with one attached hydrogen (secondary N) is 1. The van der Waals surface area contributed by atoms with Crippen LogP contribution < -0.4 is 5.32 Å². The van der Waals surface area contributed by atoms with Crippen LogP contribution in [0.25, 0.3) is 0 Å². The van der Waals surface area contributed by atoms with E-state index in [1.165, 1.54) is 12.8 Å². The summed E-state index contributed by atoms with van der Waals surface area (Å²) in [6.07, 6.45) is 2.48. The Kier molecular flexibility index (Phi) is 3.05. The summed E-state index contributed by atoms with van der Waals surface area (Å²) in [5, 5.41) is 12.0. The molecule has 84 valence electrons. The number of rotatable bonds is 2. The summed E-state index contributed by atoms with van der Waals surface area (Å²) in [4.78, 5) is 0. The van der Waals surface area contributed by atoms with Crippen molar-refractivity contribution in [1.29, 1.82) is 0 Å². The number of hydrogen-bond donors (Lipinski definition) is 1. The molecule has 0 radical (unpaired) electrons. The maximum atomic E-state index is 4.33. The maximum Gasteiger partial charge on any atom is 0.137 e. The predicted molar refractivity (Wildman–Crippen MR) is 60.0 cm³/mol.